The molecule has 0 aliphatic rings. The Balaban J connectivity index is 4.57. The highest BCUT2D eigenvalue weighted by molar-refractivity contribution is 5.89. The van der Waals surface area contributed by atoms with Crippen LogP contribution in [0.1, 0.15) is 40.5 Å². The summed E-state index contributed by atoms with van der Waals surface area (Å²) >= 11 is 0. The summed E-state index contributed by atoms with van der Waals surface area (Å²) in [5.74, 6) is 4.75. The molecule has 0 aromatic rings. The molecule has 6 heteroatoms. The van der Waals surface area contributed by atoms with E-state index in [1.165, 1.54) is 0 Å². The van der Waals surface area contributed by atoms with Crippen LogP contribution in [0.5, 0.6) is 0 Å². The van der Waals surface area contributed by atoms with Gasteiger partial charge in [0, 0.05) is 0 Å². The summed E-state index contributed by atoms with van der Waals surface area (Å²) in [7, 11) is 0. The zero-order valence-electron chi connectivity index (χ0n) is 11.7. The van der Waals surface area contributed by atoms with Gasteiger partial charge in [0.15, 0.2) is 0 Å². The molecule has 3 unspecified atom stereocenters. The molecule has 0 aromatic heterocycles. The predicted octanol–water partition coefficient (Wildman–Crippen LogP) is -0.119. The second-order valence-electron chi connectivity index (χ2n) is 5.11. The van der Waals surface area contributed by atoms with Crippen molar-refractivity contribution < 1.29 is 9.59 Å². The van der Waals surface area contributed by atoms with Crippen LogP contribution >= 0.6 is 0 Å². The molecule has 3 atom stereocenters. The minimum absolute atomic E-state index is 0.0747. The summed E-state index contributed by atoms with van der Waals surface area (Å²) in [6, 6.07) is -1.23. The number of hydrogen-bond acceptors (Lipinski definition) is 4. The lowest BCUT2D eigenvalue weighted by Crippen LogP contribution is -2.54. The van der Waals surface area contributed by atoms with E-state index in [9.17, 15) is 9.59 Å². The molecule has 0 heterocycles. The molecule has 106 valence electrons. The van der Waals surface area contributed by atoms with Gasteiger partial charge in [-0.25, -0.2) is 5.84 Å². The van der Waals surface area contributed by atoms with E-state index in [2.05, 4.69) is 10.7 Å². The van der Waals surface area contributed by atoms with E-state index < -0.39 is 18.0 Å². The van der Waals surface area contributed by atoms with E-state index in [1.54, 1.807) is 0 Å². The quantitative estimate of drug-likeness (QED) is 0.290. The summed E-state index contributed by atoms with van der Waals surface area (Å²) < 4.78 is 0. The molecule has 0 radical (unpaired) electrons. The van der Waals surface area contributed by atoms with E-state index in [1.807, 2.05) is 27.7 Å². The number of amides is 2. The van der Waals surface area contributed by atoms with E-state index in [0.29, 0.717) is 6.42 Å². The fourth-order valence-corrected chi connectivity index (χ4v) is 1.58. The van der Waals surface area contributed by atoms with Crippen molar-refractivity contribution in [3.8, 4) is 0 Å². The van der Waals surface area contributed by atoms with Gasteiger partial charge in [0.1, 0.15) is 6.04 Å². The van der Waals surface area contributed by atoms with Crippen LogP contribution in [0.25, 0.3) is 0 Å². The molecule has 18 heavy (non-hydrogen) atoms. The number of nitrogens with one attached hydrogen (secondary N) is 2. The predicted molar refractivity (Wildman–Crippen MR) is 71.1 cm³/mol. The zero-order valence-corrected chi connectivity index (χ0v) is 11.7. The Kier molecular flexibility index (Phi) is 7.54. The van der Waals surface area contributed by atoms with Gasteiger partial charge in [-0.3, -0.25) is 15.0 Å². The molecule has 0 aliphatic carbocycles. The lowest BCUT2D eigenvalue weighted by molar-refractivity contribution is -0.130. The maximum Gasteiger partial charge on any atom is 0.256 e. The van der Waals surface area contributed by atoms with Crippen molar-refractivity contribution in [3.63, 3.8) is 0 Å². The summed E-state index contributed by atoms with van der Waals surface area (Å²) in [6.07, 6.45) is 1.34. The average molecular weight is 258 g/mol. The van der Waals surface area contributed by atoms with Crippen LogP contribution in [0.4, 0.5) is 0 Å². The summed E-state index contributed by atoms with van der Waals surface area (Å²) in [5.41, 5.74) is 7.88. The molecule has 0 rings (SSSR count). The molecular formula is C12H26N4O2. The Morgan fingerprint density at radius 3 is 2.11 bits per heavy atom. The van der Waals surface area contributed by atoms with Gasteiger partial charge in [-0.15, -0.1) is 0 Å². The highest BCUT2D eigenvalue weighted by Crippen LogP contribution is 2.08. The molecule has 0 aromatic carbocycles. The SMILES string of the molecule is CCC(C)C(N)C(=O)NC(CC(C)C)C(=O)NN. The Morgan fingerprint density at radius 2 is 1.72 bits per heavy atom. The minimum atomic E-state index is -0.627. The number of carbonyl (C=O) groups excluding carboxylic acids is 2. The van der Waals surface area contributed by atoms with E-state index in [0.717, 1.165) is 6.42 Å². The molecule has 0 spiro atoms. The first-order valence-corrected chi connectivity index (χ1v) is 6.39. The highest BCUT2D eigenvalue weighted by Gasteiger charge is 2.26. The van der Waals surface area contributed by atoms with Gasteiger partial charge < -0.3 is 11.1 Å². The third-order valence-corrected chi connectivity index (χ3v) is 3.04. The first-order valence-electron chi connectivity index (χ1n) is 6.39. The van der Waals surface area contributed by atoms with Crippen LogP contribution in [0.15, 0.2) is 0 Å². The molecule has 0 fully saturated rings. The van der Waals surface area contributed by atoms with Crippen molar-refractivity contribution in [1.82, 2.24) is 10.7 Å². The normalized spacial score (nSPS) is 15.9. The van der Waals surface area contributed by atoms with Gasteiger partial charge >= 0.3 is 0 Å². The Bertz CT molecular complexity index is 281. The van der Waals surface area contributed by atoms with Crippen LogP contribution in [-0.2, 0) is 9.59 Å². The molecule has 0 saturated carbocycles. The van der Waals surface area contributed by atoms with Crippen molar-refractivity contribution in [2.45, 2.75) is 52.6 Å². The molecule has 0 bridgehead atoms. The van der Waals surface area contributed by atoms with Crippen molar-refractivity contribution >= 4 is 11.8 Å². The van der Waals surface area contributed by atoms with Gasteiger partial charge in [-0.1, -0.05) is 34.1 Å². The van der Waals surface area contributed by atoms with Gasteiger partial charge in [0.2, 0.25) is 5.91 Å². The fraction of sp³-hybridized carbons (Fsp3) is 0.833. The van der Waals surface area contributed by atoms with E-state index >= 15 is 0 Å². The largest absolute Gasteiger partial charge is 0.343 e. The van der Waals surface area contributed by atoms with Crippen LogP contribution < -0.4 is 22.3 Å². The summed E-state index contributed by atoms with van der Waals surface area (Å²) in [5, 5.41) is 2.66. The maximum atomic E-state index is 11.9. The van der Waals surface area contributed by atoms with Gasteiger partial charge in [-0.2, -0.15) is 0 Å². The van der Waals surface area contributed by atoms with E-state index in [4.69, 9.17) is 11.6 Å². The number of carbonyl (C=O) groups is 2. The molecule has 6 nitrogen and oxygen atoms in total. The lowest BCUT2D eigenvalue weighted by Gasteiger charge is -2.23. The minimum Gasteiger partial charge on any atom is -0.343 e. The number of hydrazine groups is 1. The number of rotatable bonds is 7. The molecule has 2 amide bonds. The van der Waals surface area contributed by atoms with Gasteiger partial charge in [0.05, 0.1) is 6.04 Å². The Morgan fingerprint density at radius 1 is 1.17 bits per heavy atom. The molecule has 0 saturated heterocycles. The van der Waals surface area contributed by atoms with Crippen molar-refractivity contribution in [3.05, 3.63) is 0 Å². The lowest BCUT2D eigenvalue weighted by atomic mass is 9.98. The summed E-state index contributed by atoms with van der Waals surface area (Å²) in [6.45, 7) is 7.82. The number of nitrogens with two attached hydrogens (primary N) is 2. The number of hydrogen-bond donors (Lipinski definition) is 4. The Labute approximate surface area is 109 Å². The van der Waals surface area contributed by atoms with Crippen molar-refractivity contribution in [2.24, 2.45) is 23.4 Å². The molecule has 6 N–H and O–H groups in total. The second kappa shape index (κ2) is 8.05. The van der Waals surface area contributed by atoms with E-state index in [-0.39, 0.29) is 17.7 Å². The van der Waals surface area contributed by atoms with Crippen LogP contribution in [-0.4, -0.2) is 23.9 Å². The molecular weight excluding hydrogens is 232 g/mol. The first-order chi connectivity index (χ1) is 8.33. The first kappa shape index (κ1) is 16.9. The second-order valence-corrected chi connectivity index (χ2v) is 5.11. The van der Waals surface area contributed by atoms with Crippen molar-refractivity contribution in [1.29, 1.82) is 0 Å². The topological polar surface area (TPSA) is 110 Å². The highest BCUT2D eigenvalue weighted by atomic mass is 16.2. The van der Waals surface area contributed by atoms with Gasteiger partial charge in [-0.05, 0) is 18.3 Å². The van der Waals surface area contributed by atoms with Crippen LogP contribution in [0.2, 0.25) is 0 Å². The maximum absolute atomic E-state index is 11.9. The Hall–Kier alpha value is -1.14. The van der Waals surface area contributed by atoms with Crippen LogP contribution in [0, 0.1) is 11.8 Å². The van der Waals surface area contributed by atoms with Gasteiger partial charge in [0.25, 0.3) is 5.91 Å². The third-order valence-electron chi connectivity index (χ3n) is 3.04. The standard InChI is InChI=1S/C12H26N4O2/c1-5-8(4)10(13)12(18)15-9(6-7(2)3)11(17)16-14/h7-10H,5-6,13-14H2,1-4H3,(H,15,18)(H,16,17). The van der Waals surface area contributed by atoms with Crippen LogP contribution in [0.3, 0.4) is 0 Å². The zero-order chi connectivity index (χ0) is 14.3. The summed E-state index contributed by atoms with van der Waals surface area (Å²) in [4.78, 5) is 23.5. The average Bonchev–Trinajstić information content (AvgIpc) is 2.34. The smallest absolute Gasteiger partial charge is 0.256 e. The third kappa shape index (κ3) is 5.46. The fourth-order valence-electron chi connectivity index (χ4n) is 1.58. The monoisotopic (exact) mass is 258 g/mol. The molecule has 0 aliphatic heterocycles. The van der Waals surface area contributed by atoms with Crippen molar-refractivity contribution in [2.75, 3.05) is 0 Å².